The van der Waals surface area contributed by atoms with Crippen molar-refractivity contribution in [2.24, 2.45) is 7.05 Å². The average molecular weight is 815 g/mol. The first kappa shape index (κ1) is 40.4. The first-order chi connectivity index (χ1) is 29.1. The van der Waals surface area contributed by atoms with Crippen LogP contribution in [-0.4, -0.2) is 122 Å². The van der Waals surface area contributed by atoms with Gasteiger partial charge in [-0.25, -0.2) is 0 Å². The van der Waals surface area contributed by atoms with Gasteiger partial charge in [-0.15, -0.1) is 0 Å². The van der Waals surface area contributed by atoms with E-state index in [0.717, 1.165) is 68.1 Å². The van der Waals surface area contributed by atoms with Crippen LogP contribution in [-0.2, 0) is 48.7 Å². The van der Waals surface area contributed by atoms with Crippen LogP contribution >= 0.6 is 0 Å². The summed E-state index contributed by atoms with van der Waals surface area (Å²) in [4.78, 5) is 17.7. The molecule has 59 heavy (non-hydrogen) atoms. The molecule has 0 unspecified atom stereocenters. The van der Waals surface area contributed by atoms with Crippen molar-refractivity contribution < 1.29 is 47.4 Å². The molecule has 0 spiro atoms. The Morgan fingerprint density at radius 1 is 0.492 bits per heavy atom. The minimum Gasteiger partial charge on any atom is -0.485 e. The van der Waals surface area contributed by atoms with E-state index < -0.39 is 0 Å². The quantitative estimate of drug-likeness (QED) is 0.0439. The van der Waals surface area contributed by atoms with Gasteiger partial charge < -0.3 is 76.9 Å². The van der Waals surface area contributed by atoms with Gasteiger partial charge in [-0.3, -0.25) is 0 Å². The minimum atomic E-state index is 0.377. The van der Waals surface area contributed by atoms with E-state index in [1.165, 1.54) is 0 Å². The maximum atomic E-state index is 6.10. The Balaban J connectivity index is 1.01. The van der Waals surface area contributed by atoms with Gasteiger partial charge in [0.15, 0.2) is 23.0 Å². The first-order valence-electron chi connectivity index (χ1n) is 20.3. The average Bonchev–Trinajstić information content (AvgIpc) is 4.12. The summed E-state index contributed by atoms with van der Waals surface area (Å²) in [6.45, 7) is 12.1. The predicted octanol–water partition coefficient (Wildman–Crippen LogP) is 6.68. The molecule has 8 rings (SSSR count). The van der Waals surface area contributed by atoms with E-state index in [2.05, 4.69) is 72.9 Å². The number of nitrogens with one attached hydrogen (secondary N) is 5. The maximum absolute atomic E-state index is 6.10. The van der Waals surface area contributed by atoms with Crippen LogP contribution in [0.3, 0.4) is 0 Å². The van der Waals surface area contributed by atoms with Crippen LogP contribution in [0, 0.1) is 0 Å². The van der Waals surface area contributed by atoms with Crippen LogP contribution in [0.1, 0.15) is 25.0 Å². The monoisotopic (exact) mass is 814 g/mol. The standard InChI is InChI=1S/C43H54N6O10/c1-4-50-10-12-52-14-16-54-26-28-22-32(47-38(28)40-42-36(24-44-40)56-18-20-58-42)30-6-7-31(46-30)34-8-9-35(49(34)3)33-23-29(27-55-17-15-53-13-11-51-5-2)39(48-33)41-43-37(25-45-41)57-19-21-59-43/h6-9,22-25,44-48H,4-5,10-21,26-27H2,1-3H3. The summed E-state index contributed by atoms with van der Waals surface area (Å²) in [5, 5.41) is 0. The fourth-order valence-electron chi connectivity index (χ4n) is 7.28. The summed E-state index contributed by atoms with van der Waals surface area (Å²) in [6.07, 6.45) is 3.67. The fourth-order valence-corrected chi connectivity index (χ4v) is 7.28. The Labute approximate surface area is 342 Å². The summed E-state index contributed by atoms with van der Waals surface area (Å²) in [7, 11) is 2.06. The van der Waals surface area contributed by atoms with Gasteiger partial charge in [-0.2, -0.15) is 0 Å². The number of aromatic amines is 5. The molecule has 0 bridgehead atoms. The van der Waals surface area contributed by atoms with Crippen LogP contribution in [0.2, 0.25) is 0 Å². The maximum Gasteiger partial charge on any atom is 0.188 e. The SMILES string of the molecule is CCOCCOCCOCc1cc(-c2ccc(-c3ccc(-c4cc(COCCOCCOCC)c(-c5[nH]cc6c5OCCO6)[nH]4)n3C)[nH]2)[nH]c1-c1[nH]cc2c1OCCO2. The lowest BCUT2D eigenvalue weighted by Crippen LogP contribution is -2.14. The Morgan fingerprint density at radius 2 is 0.949 bits per heavy atom. The van der Waals surface area contributed by atoms with Crippen molar-refractivity contribution >= 4 is 0 Å². The van der Waals surface area contributed by atoms with E-state index in [9.17, 15) is 0 Å². The van der Waals surface area contributed by atoms with Crippen LogP contribution in [0.5, 0.6) is 23.0 Å². The first-order valence-corrected chi connectivity index (χ1v) is 20.3. The Hall–Kier alpha value is -5.36. The third-order valence-electron chi connectivity index (χ3n) is 10.1. The highest BCUT2D eigenvalue weighted by molar-refractivity contribution is 5.78. The van der Waals surface area contributed by atoms with Gasteiger partial charge in [-0.05, 0) is 50.2 Å². The molecule has 5 N–H and O–H groups in total. The zero-order valence-electron chi connectivity index (χ0n) is 34.0. The number of hydrogen-bond acceptors (Lipinski definition) is 10. The minimum absolute atomic E-state index is 0.377. The van der Waals surface area contributed by atoms with Gasteiger partial charge >= 0.3 is 0 Å². The summed E-state index contributed by atoms with van der Waals surface area (Å²) in [5.74, 6) is 2.77. The predicted molar refractivity (Wildman–Crippen MR) is 220 cm³/mol. The largest absolute Gasteiger partial charge is 0.485 e. The van der Waals surface area contributed by atoms with Gasteiger partial charge in [0.2, 0.25) is 0 Å². The van der Waals surface area contributed by atoms with Gasteiger partial charge in [-0.1, -0.05) is 0 Å². The van der Waals surface area contributed by atoms with E-state index in [4.69, 9.17) is 47.4 Å². The molecule has 16 heteroatoms. The highest BCUT2D eigenvalue weighted by atomic mass is 16.6. The second-order valence-electron chi connectivity index (χ2n) is 13.9. The van der Waals surface area contributed by atoms with Crippen molar-refractivity contribution in [3.05, 3.63) is 59.9 Å². The van der Waals surface area contributed by atoms with Gasteiger partial charge in [0, 0.05) is 43.8 Å². The molecule has 0 amide bonds. The zero-order chi connectivity index (χ0) is 40.4. The highest BCUT2D eigenvalue weighted by Gasteiger charge is 2.26. The third-order valence-corrected chi connectivity index (χ3v) is 10.1. The number of nitrogens with zero attached hydrogens (tertiary/aromatic N) is 1. The molecule has 8 heterocycles. The Kier molecular flexibility index (Phi) is 13.4. The molecule has 16 nitrogen and oxygen atoms in total. The van der Waals surface area contributed by atoms with Crippen molar-refractivity contribution in [3.8, 4) is 79.9 Å². The van der Waals surface area contributed by atoms with E-state index in [0.29, 0.717) is 129 Å². The lowest BCUT2D eigenvalue weighted by atomic mass is 10.2. The molecule has 6 aromatic heterocycles. The Morgan fingerprint density at radius 3 is 1.51 bits per heavy atom. The smallest absolute Gasteiger partial charge is 0.188 e. The molecule has 0 aromatic carbocycles. The normalized spacial score (nSPS) is 13.5. The summed E-state index contributed by atoms with van der Waals surface area (Å²) >= 11 is 0. The number of hydrogen-bond donors (Lipinski definition) is 5. The molecular weight excluding hydrogens is 761 g/mol. The van der Waals surface area contributed by atoms with Crippen molar-refractivity contribution in [2.75, 3.05) is 92.5 Å². The van der Waals surface area contributed by atoms with E-state index in [-0.39, 0.29) is 0 Å². The zero-order valence-corrected chi connectivity index (χ0v) is 34.0. The molecule has 6 aromatic rings. The van der Waals surface area contributed by atoms with Crippen LogP contribution in [0.15, 0.2) is 48.8 Å². The van der Waals surface area contributed by atoms with Crippen molar-refractivity contribution in [1.82, 2.24) is 29.5 Å². The van der Waals surface area contributed by atoms with Crippen molar-refractivity contribution in [2.45, 2.75) is 27.1 Å². The fraction of sp³-hybridized carbons (Fsp3) is 0.442. The molecule has 0 aliphatic carbocycles. The molecule has 0 saturated carbocycles. The van der Waals surface area contributed by atoms with Gasteiger partial charge in [0.25, 0.3) is 0 Å². The van der Waals surface area contributed by atoms with Gasteiger partial charge in [0.05, 0.1) is 112 Å². The molecule has 0 fully saturated rings. The van der Waals surface area contributed by atoms with Crippen LogP contribution in [0.4, 0.5) is 0 Å². The second kappa shape index (κ2) is 19.6. The highest BCUT2D eigenvalue weighted by Crippen LogP contribution is 2.43. The van der Waals surface area contributed by atoms with Crippen LogP contribution < -0.4 is 18.9 Å². The topological polar surface area (TPSA) is 176 Å². The van der Waals surface area contributed by atoms with Crippen molar-refractivity contribution in [3.63, 3.8) is 0 Å². The Bertz CT molecular complexity index is 2240. The molecular formula is C43H54N6O10. The lowest BCUT2D eigenvalue weighted by Gasteiger charge is -2.16. The summed E-state index contributed by atoms with van der Waals surface area (Å²) in [5.41, 5.74) is 11.1. The summed E-state index contributed by atoms with van der Waals surface area (Å²) < 4.78 is 60.1. The number of rotatable bonds is 23. The van der Waals surface area contributed by atoms with E-state index in [1.807, 2.05) is 26.2 Å². The molecule has 316 valence electrons. The number of fused-ring (bicyclic) bond motifs is 2. The number of aromatic nitrogens is 6. The van der Waals surface area contributed by atoms with E-state index in [1.54, 1.807) is 0 Å². The van der Waals surface area contributed by atoms with E-state index >= 15 is 0 Å². The molecule has 2 aliphatic rings. The third kappa shape index (κ3) is 9.28. The molecule has 0 radical (unpaired) electrons. The summed E-state index contributed by atoms with van der Waals surface area (Å²) in [6, 6.07) is 12.7. The van der Waals surface area contributed by atoms with Crippen LogP contribution in [0.25, 0.3) is 56.9 Å². The molecule has 2 aliphatic heterocycles. The van der Waals surface area contributed by atoms with Crippen molar-refractivity contribution in [1.29, 1.82) is 0 Å². The second-order valence-corrected chi connectivity index (χ2v) is 13.9. The number of ether oxygens (including phenoxy) is 10. The lowest BCUT2D eigenvalue weighted by molar-refractivity contribution is 0.0129. The molecule has 0 saturated heterocycles. The van der Waals surface area contributed by atoms with Gasteiger partial charge in [0.1, 0.15) is 37.8 Å². The number of H-pyrrole nitrogens is 5. The molecule has 0 atom stereocenters.